The Morgan fingerprint density at radius 2 is 2.13 bits per heavy atom. The Bertz CT molecular complexity index is 409. The maximum atomic E-state index is 10.3. The molecule has 0 unspecified atom stereocenters. The van der Waals surface area contributed by atoms with E-state index in [1.54, 1.807) is 25.3 Å². The number of aliphatic imine (C=N–C) groups is 1. The van der Waals surface area contributed by atoms with Gasteiger partial charge in [0.05, 0.1) is 17.7 Å². The Morgan fingerprint density at radius 3 is 2.67 bits per heavy atom. The molecule has 0 radical (unpaired) electrons. The molecule has 0 aliphatic carbocycles. The van der Waals surface area contributed by atoms with E-state index in [2.05, 4.69) is 4.99 Å². The van der Waals surface area contributed by atoms with Crippen molar-refractivity contribution in [3.63, 3.8) is 0 Å². The van der Waals surface area contributed by atoms with Crippen LogP contribution in [0.3, 0.4) is 0 Å². The molecular formula is C11H12ClNO2. The van der Waals surface area contributed by atoms with E-state index in [1.165, 1.54) is 0 Å². The van der Waals surface area contributed by atoms with Gasteiger partial charge in [-0.15, -0.1) is 0 Å². The smallest absolute Gasteiger partial charge is 0.235 e. The van der Waals surface area contributed by atoms with Gasteiger partial charge < -0.3 is 4.74 Å². The predicted octanol–water partition coefficient (Wildman–Crippen LogP) is 2.92. The molecule has 0 aliphatic rings. The molecule has 0 heterocycles. The average Bonchev–Trinajstić information content (AvgIpc) is 2.18. The SMILES string of the molecule is COc1cc(C(C)(C)N=C=O)ccc1Cl. The van der Waals surface area contributed by atoms with Crippen LogP contribution in [-0.4, -0.2) is 13.2 Å². The van der Waals surface area contributed by atoms with Crippen molar-refractivity contribution in [2.24, 2.45) is 4.99 Å². The van der Waals surface area contributed by atoms with Crippen LogP contribution in [0, 0.1) is 0 Å². The Morgan fingerprint density at radius 1 is 1.47 bits per heavy atom. The van der Waals surface area contributed by atoms with Crippen molar-refractivity contribution in [3.05, 3.63) is 28.8 Å². The minimum atomic E-state index is -0.611. The molecule has 1 aromatic carbocycles. The molecule has 0 amide bonds. The Labute approximate surface area is 93.7 Å². The normalized spacial score (nSPS) is 10.7. The quantitative estimate of drug-likeness (QED) is 0.586. The van der Waals surface area contributed by atoms with Gasteiger partial charge in [-0.25, -0.2) is 4.79 Å². The van der Waals surface area contributed by atoms with Crippen LogP contribution in [0.4, 0.5) is 0 Å². The van der Waals surface area contributed by atoms with Crippen molar-refractivity contribution in [1.29, 1.82) is 0 Å². The van der Waals surface area contributed by atoms with Crippen LogP contribution < -0.4 is 4.74 Å². The lowest BCUT2D eigenvalue weighted by molar-refractivity contribution is 0.412. The molecule has 0 aromatic heterocycles. The number of isocyanates is 1. The van der Waals surface area contributed by atoms with E-state index in [1.807, 2.05) is 19.9 Å². The number of methoxy groups -OCH3 is 1. The second-order valence-corrected chi connectivity index (χ2v) is 4.02. The first kappa shape index (κ1) is 11.8. The van der Waals surface area contributed by atoms with Crippen molar-refractivity contribution < 1.29 is 9.53 Å². The molecule has 15 heavy (non-hydrogen) atoms. The number of rotatable bonds is 3. The second kappa shape index (κ2) is 4.47. The summed E-state index contributed by atoms with van der Waals surface area (Å²) in [5, 5.41) is 0.534. The van der Waals surface area contributed by atoms with Gasteiger partial charge in [-0.2, -0.15) is 4.99 Å². The van der Waals surface area contributed by atoms with Crippen LogP contribution in [0.25, 0.3) is 0 Å². The third-order valence-electron chi connectivity index (χ3n) is 2.18. The third-order valence-corrected chi connectivity index (χ3v) is 2.49. The first-order valence-electron chi connectivity index (χ1n) is 4.44. The molecule has 0 saturated carbocycles. The molecule has 0 aliphatic heterocycles. The second-order valence-electron chi connectivity index (χ2n) is 3.61. The maximum absolute atomic E-state index is 10.3. The van der Waals surface area contributed by atoms with Crippen molar-refractivity contribution in [3.8, 4) is 5.75 Å². The highest BCUT2D eigenvalue weighted by molar-refractivity contribution is 6.32. The summed E-state index contributed by atoms with van der Waals surface area (Å²) in [7, 11) is 1.54. The van der Waals surface area contributed by atoms with Crippen LogP contribution in [0.15, 0.2) is 23.2 Å². The van der Waals surface area contributed by atoms with E-state index < -0.39 is 5.54 Å². The van der Waals surface area contributed by atoms with Gasteiger partial charge >= 0.3 is 0 Å². The Kier molecular flexibility index (Phi) is 3.51. The highest BCUT2D eigenvalue weighted by Gasteiger charge is 2.20. The van der Waals surface area contributed by atoms with E-state index >= 15 is 0 Å². The summed E-state index contributed by atoms with van der Waals surface area (Å²) in [6.45, 7) is 3.64. The zero-order valence-corrected chi connectivity index (χ0v) is 9.63. The highest BCUT2D eigenvalue weighted by Crippen LogP contribution is 2.31. The van der Waals surface area contributed by atoms with Crippen molar-refractivity contribution in [1.82, 2.24) is 0 Å². The molecule has 1 rings (SSSR count). The Balaban J connectivity index is 3.21. The fraction of sp³-hybridized carbons (Fsp3) is 0.364. The molecule has 80 valence electrons. The van der Waals surface area contributed by atoms with Gasteiger partial charge in [0.15, 0.2) is 0 Å². The number of hydrogen-bond donors (Lipinski definition) is 0. The third kappa shape index (κ3) is 2.58. The molecule has 0 spiro atoms. The predicted molar refractivity (Wildman–Crippen MR) is 59.2 cm³/mol. The fourth-order valence-corrected chi connectivity index (χ4v) is 1.41. The summed E-state index contributed by atoms with van der Waals surface area (Å²) in [5.74, 6) is 0.573. The highest BCUT2D eigenvalue weighted by atomic mass is 35.5. The summed E-state index contributed by atoms with van der Waals surface area (Å²) in [6.07, 6.45) is 1.56. The maximum Gasteiger partial charge on any atom is 0.235 e. The zero-order chi connectivity index (χ0) is 11.5. The van der Waals surface area contributed by atoms with Crippen LogP contribution in [0.2, 0.25) is 5.02 Å². The number of ether oxygens (including phenoxy) is 1. The molecular weight excluding hydrogens is 214 g/mol. The van der Waals surface area contributed by atoms with E-state index in [-0.39, 0.29) is 0 Å². The minimum absolute atomic E-state index is 0.534. The van der Waals surface area contributed by atoms with Crippen molar-refractivity contribution >= 4 is 17.7 Å². The largest absolute Gasteiger partial charge is 0.495 e. The van der Waals surface area contributed by atoms with Gasteiger partial charge in [0.1, 0.15) is 5.75 Å². The van der Waals surface area contributed by atoms with E-state index in [9.17, 15) is 4.79 Å². The lowest BCUT2D eigenvalue weighted by Gasteiger charge is -2.18. The van der Waals surface area contributed by atoms with Crippen LogP contribution in [0.5, 0.6) is 5.75 Å². The Hall–Kier alpha value is -1.31. The van der Waals surface area contributed by atoms with Gasteiger partial charge in [-0.05, 0) is 31.5 Å². The van der Waals surface area contributed by atoms with E-state index in [4.69, 9.17) is 16.3 Å². The van der Waals surface area contributed by atoms with Gasteiger partial charge in [-0.1, -0.05) is 17.7 Å². The monoisotopic (exact) mass is 225 g/mol. The number of carbonyl (C=O) groups excluding carboxylic acids is 1. The molecule has 0 fully saturated rings. The number of nitrogens with zero attached hydrogens (tertiary/aromatic N) is 1. The zero-order valence-electron chi connectivity index (χ0n) is 8.87. The first-order chi connectivity index (χ1) is 7.01. The van der Waals surface area contributed by atoms with Gasteiger partial charge in [0.25, 0.3) is 0 Å². The lowest BCUT2D eigenvalue weighted by atomic mass is 9.95. The van der Waals surface area contributed by atoms with Crippen LogP contribution in [0.1, 0.15) is 19.4 Å². The summed E-state index contributed by atoms with van der Waals surface area (Å²) < 4.78 is 5.09. The van der Waals surface area contributed by atoms with E-state index in [0.29, 0.717) is 10.8 Å². The molecule has 0 bridgehead atoms. The first-order valence-corrected chi connectivity index (χ1v) is 4.82. The molecule has 0 atom stereocenters. The number of halogens is 1. The molecule has 3 nitrogen and oxygen atoms in total. The summed E-state index contributed by atoms with van der Waals surface area (Å²) >= 11 is 5.89. The molecule has 0 N–H and O–H groups in total. The fourth-order valence-electron chi connectivity index (χ4n) is 1.22. The van der Waals surface area contributed by atoms with Crippen LogP contribution >= 0.6 is 11.6 Å². The topological polar surface area (TPSA) is 38.7 Å². The van der Waals surface area contributed by atoms with Gasteiger partial charge in [0, 0.05) is 0 Å². The van der Waals surface area contributed by atoms with Gasteiger partial charge in [0.2, 0.25) is 6.08 Å². The minimum Gasteiger partial charge on any atom is -0.495 e. The standard InChI is InChI=1S/C11H12ClNO2/c1-11(2,13-7-14)8-4-5-9(12)10(6-8)15-3/h4-6H,1-3H3. The van der Waals surface area contributed by atoms with Crippen molar-refractivity contribution in [2.75, 3.05) is 7.11 Å². The summed E-state index contributed by atoms with van der Waals surface area (Å²) in [6, 6.07) is 5.30. The molecule has 1 aromatic rings. The average molecular weight is 226 g/mol. The van der Waals surface area contributed by atoms with Crippen molar-refractivity contribution in [2.45, 2.75) is 19.4 Å². The lowest BCUT2D eigenvalue weighted by Crippen LogP contribution is -2.13. The molecule has 4 heteroatoms. The number of hydrogen-bond acceptors (Lipinski definition) is 3. The van der Waals surface area contributed by atoms with Crippen LogP contribution in [-0.2, 0) is 10.3 Å². The van der Waals surface area contributed by atoms with Gasteiger partial charge in [-0.3, -0.25) is 0 Å². The summed E-state index contributed by atoms with van der Waals surface area (Å²) in [4.78, 5) is 14.0. The number of benzene rings is 1. The van der Waals surface area contributed by atoms with E-state index in [0.717, 1.165) is 5.56 Å². The molecule has 0 saturated heterocycles. The summed E-state index contributed by atoms with van der Waals surface area (Å²) in [5.41, 5.74) is 0.242.